The van der Waals surface area contributed by atoms with Gasteiger partial charge in [-0.3, -0.25) is 9.59 Å². The molecule has 0 saturated carbocycles. The lowest BCUT2D eigenvalue weighted by Gasteiger charge is -2.34. The standard InChI is InChI=1S/C26H36N4O2/c1-6-13-27-24(31)15-23-19(4)28-25(29-20(23)5)22-8-7-14-30(16-22)26(32)18(3)21-11-9-17(2)10-12-21/h9-12,18,22H,6-8,13-16H2,1-5H3,(H,27,31)/t18-,22-/m0/s1. The summed E-state index contributed by atoms with van der Waals surface area (Å²) < 4.78 is 0. The van der Waals surface area contributed by atoms with Gasteiger partial charge in [0.2, 0.25) is 11.8 Å². The Morgan fingerprint density at radius 2 is 1.78 bits per heavy atom. The fraction of sp³-hybridized carbons (Fsp3) is 0.538. The van der Waals surface area contributed by atoms with Crippen LogP contribution in [-0.4, -0.2) is 46.3 Å². The monoisotopic (exact) mass is 436 g/mol. The zero-order chi connectivity index (χ0) is 23.3. The highest BCUT2D eigenvalue weighted by Crippen LogP contribution is 2.28. The van der Waals surface area contributed by atoms with Gasteiger partial charge in [0, 0.05) is 42.5 Å². The summed E-state index contributed by atoms with van der Waals surface area (Å²) in [5, 5.41) is 2.92. The molecule has 0 radical (unpaired) electrons. The molecule has 2 heterocycles. The number of nitrogens with one attached hydrogen (secondary N) is 1. The molecule has 1 aliphatic heterocycles. The molecule has 1 N–H and O–H groups in total. The molecule has 32 heavy (non-hydrogen) atoms. The van der Waals surface area contributed by atoms with E-state index in [4.69, 9.17) is 9.97 Å². The van der Waals surface area contributed by atoms with Crippen molar-refractivity contribution < 1.29 is 9.59 Å². The zero-order valence-electron chi connectivity index (χ0n) is 20.1. The average molecular weight is 437 g/mol. The molecule has 6 heteroatoms. The lowest BCUT2D eigenvalue weighted by Crippen LogP contribution is -2.41. The summed E-state index contributed by atoms with van der Waals surface area (Å²) in [6.45, 7) is 12.1. The first-order valence-corrected chi connectivity index (χ1v) is 11.8. The van der Waals surface area contributed by atoms with Crippen LogP contribution in [0.3, 0.4) is 0 Å². The molecule has 0 unspecified atom stereocenters. The van der Waals surface area contributed by atoms with Crippen molar-refractivity contribution in [3.63, 3.8) is 0 Å². The normalized spacial score (nSPS) is 17.2. The maximum atomic E-state index is 13.2. The van der Waals surface area contributed by atoms with Crippen molar-refractivity contribution in [2.24, 2.45) is 0 Å². The molecule has 1 aliphatic rings. The van der Waals surface area contributed by atoms with Crippen LogP contribution < -0.4 is 5.32 Å². The predicted molar refractivity (Wildman–Crippen MR) is 127 cm³/mol. The number of nitrogens with zero attached hydrogens (tertiary/aromatic N) is 3. The maximum absolute atomic E-state index is 13.2. The van der Waals surface area contributed by atoms with E-state index >= 15 is 0 Å². The van der Waals surface area contributed by atoms with Gasteiger partial charge in [0.1, 0.15) is 5.82 Å². The van der Waals surface area contributed by atoms with Crippen LogP contribution in [0.2, 0.25) is 0 Å². The minimum Gasteiger partial charge on any atom is -0.356 e. The van der Waals surface area contributed by atoms with E-state index in [-0.39, 0.29) is 23.7 Å². The van der Waals surface area contributed by atoms with E-state index < -0.39 is 0 Å². The van der Waals surface area contributed by atoms with Crippen LogP contribution in [0.1, 0.15) is 78.8 Å². The number of hydrogen-bond donors (Lipinski definition) is 1. The van der Waals surface area contributed by atoms with Crippen molar-refractivity contribution in [3.8, 4) is 0 Å². The van der Waals surface area contributed by atoms with E-state index in [0.29, 0.717) is 19.5 Å². The highest BCUT2D eigenvalue weighted by molar-refractivity contribution is 5.83. The Hall–Kier alpha value is -2.76. The highest BCUT2D eigenvalue weighted by Gasteiger charge is 2.30. The second kappa shape index (κ2) is 10.7. The van der Waals surface area contributed by atoms with Crippen molar-refractivity contribution in [1.82, 2.24) is 20.2 Å². The number of carbonyl (C=O) groups excluding carboxylic acids is 2. The molecule has 6 nitrogen and oxygen atoms in total. The number of hydrogen-bond acceptors (Lipinski definition) is 4. The molecule has 1 saturated heterocycles. The summed E-state index contributed by atoms with van der Waals surface area (Å²) in [4.78, 5) is 36.9. The van der Waals surface area contributed by atoms with Gasteiger partial charge in [0.05, 0.1) is 12.3 Å². The first-order valence-electron chi connectivity index (χ1n) is 11.8. The van der Waals surface area contributed by atoms with E-state index in [0.717, 1.165) is 54.1 Å². The first-order chi connectivity index (χ1) is 15.3. The number of rotatable bonds is 7. The number of piperidine rings is 1. The molecule has 0 bridgehead atoms. The van der Waals surface area contributed by atoms with Crippen molar-refractivity contribution in [3.05, 3.63) is 58.2 Å². The van der Waals surface area contributed by atoms with E-state index in [2.05, 4.69) is 24.4 Å². The van der Waals surface area contributed by atoms with Crippen LogP contribution in [0.25, 0.3) is 0 Å². The van der Waals surface area contributed by atoms with Gasteiger partial charge in [-0.05, 0) is 52.5 Å². The second-order valence-electron chi connectivity index (χ2n) is 9.01. The summed E-state index contributed by atoms with van der Waals surface area (Å²) in [5.41, 5.74) is 4.86. The third kappa shape index (κ3) is 5.72. The molecule has 2 atom stereocenters. The molecule has 3 rings (SSSR count). The second-order valence-corrected chi connectivity index (χ2v) is 9.01. The van der Waals surface area contributed by atoms with Crippen LogP contribution in [-0.2, 0) is 16.0 Å². The molecule has 2 amide bonds. The number of likely N-dealkylation sites (tertiary alicyclic amines) is 1. The molecule has 0 spiro atoms. The first kappa shape index (κ1) is 23.9. The topological polar surface area (TPSA) is 75.2 Å². The quantitative estimate of drug-likeness (QED) is 0.712. The van der Waals surface area contributed by atoms with E-state index in [1.165, 1.54) is 5.56 Å². The van der Waals surface area contributed by atoms with Gasteiger partial charge >= 0.3 is 0 Å². The van der Waals surface area contributed by atoms with Crippen molar-refractivity contribution >= 4 is 11.8 Å². The Labute approximate surface area is 191 Å². The number of amides is 2. The molecule has 0 aliphatic carbocycles. The van der Waals surface area contributed by atoms with Crippen molar-refractivity contribution in [2.45, 2.75) is 72.1 Å². The average Bonchev–Trinajstić information content (AvgIpc) is 2.79. The molecule has 1 fully saturated rings. The molecule has 1 aromatic heterocycles. The van der Waals surface area contributed by atoms with E-state index in [1.807, 2.05) is 44.7 Å². The van der Waals surface area contributed by atoms with Gasteiger partial charge in [-0.25, -0.2) is 9.97 Å². The van der Waals surface area contributed by atoms with Crippen LogP contribution in [0.5, 0.6) is 0 Å². The molecular weight excluding hydrogens is 400 g/mol. The fourth-order valence-electron chi connectivity index (χ4n) is 4.35. The summed E-state index contributed by atoms with van der Waals surface area (Å²) in [6, 6.07) is 8.21. The summed E-state index contributed by atoms with van der Waals surface area (Å²) in [6.07, 6.45) is 3.14. The highest BCUT2D eigenvalue weighted by atomic mass is 16.2. The van der Waals surface area contributed by atoms with Crippen LogP contribution in [0.4, 0.5) is 0 Å². The molecule has 2 aromatic rings. The number of aromatic nitrogens is 2. The van der Waals surface area contributed by atoms with E-state index in [1.54, 1.807) is 0 Å². The van der Waals surface area contributed by atoms with Crippen LogP contribution in [0.15, 0.2) is 24.3 Å². The third-order valence-electron chi connectivity index (χ3n) is 6.39. The minimum absolute atomic E-state index is 0.00827. The third-order valence-corrected chi connectivity index (χ3v) is 6.39. The van der Waals surface area contributed by atoms with Crippen molar-refractivity contribution in [2.75, 3.05) is 19.6 Å². The van der Waals surface area contributed by atoms with Crippen molar-refractivity contribution in [1.29, 1.82) is 0 Å². The molecular formula is C26H36N4O2. The Bertz CT molecular complexity index is 932. The molecule has 172 valence electrons. The number of benzene rings is 1. The smallest absolute Gasteiger partial charge is 0.229 e. The Morgan fingerprint density at radius 1 is 1.12 bits per heavy atom. The van der Waals surface area contributed by atoms with Gasteiger partial charge < -0.3 is 10.2 Å². The predicted octanol–water partition coefficient (Wildman–Crippen LogP) is 3.98. The summed E-state index contributed by atoms with van der Waals surface area (Å²) in [7, 11) is 0. The lowest BCUT2D eigenvalue weighted by atomic mass is 9.93. The van der Waals surface area contributed by atoms with E-state index in [9.17, 15) is 9.59 Å². The van der Waals surface area contributed by atoms with Crippen LogP contribution >= 0.6 is 0 Å². The van der Waals surface area contributed by atoms with Gasteiger partial charge in [0.25, 0.3) is 0 Å². The lowest BCUT2D eigenvalue weighted by molar-refractivity contribution is -0.133. The van der Waals surface area contributed by atoms with Gasteiger partial charge in [-0.15, -0.1) is 0 Å². The maximum Gasteiger partial charge on any atom is 0.229 e. The fourth-order valence-corrected chi connectivity index (χ4v) is 4.35. The van der Waals surface area contributed by atoms with Gasteiger partial charge in [-0.1, -0.05) is 36.8 Å². The van der Waals surface area contributed by atoms with Crippen LogP contribution in [0, 0.1) is 20.8 Å². The van der Waals surface area contributed by atoms with Gasteiger partial charge in [0.15, 0.2) is 0 Å². The summed E-state index contributed by atoms with van der Waals surface area (Å²) >= 11 is 0. The Balaban J connectivity index is 1.71. The number of carbonyl (C=O) groups is 2. The largest absolute Gasteiger partial charge is 0.356 e. The van der Waals surface area contributed by atoms with Gasteiger partial charge in [-0.2, -0.15) is 0 Å². The summed E-state index contributed by atoms with van der Waals surface area (Å²) in [5.74, 6) is 0.921. The Kier molecular flexibility index (Phi) is 7.99. The molecule has 1 aromatic carbocycles. The SMILES string of the molecule is CCCNC(=O)Cc1c(C)nc([C@H]2CCCN(C(=O)[C@@H](C)c3ccc(C)cc3)C2)nc1C. The Morgan fingerprint density at radius 3 is 2.41 bits per heavy atom. The number of aryl methyl sites for hydroxylation is 3. The minimum atomic E-state index is -0.164. The zero-order valence-corrected chi connectivity index (χ0v) is 20.1.